The van der Waals surface area contributed by atoms with Gasteiger partial charge in [0.2, 0.25) is 0 Å². The molecule has 4 heteroatoms. The fourth-order valence-electron chi connectivity index (χ4n) is 2.96. The second-order valence-electron chi connectivity index (χ2n) is 5.87. The van der Waals surface area contributed by atoms with Crippen LogP contribution >= 0.6 is 0 Å². The maximum atomic E-state index is 12.2. The summed E-state index contributed by atoms with van der Waals surface area (Å²) >= 11 is 0. The minimum Gasteiger partial charge on any atom is -0.380 e. The molecular weight excluding hydrogens is 288 g/mol. The topological polar surface area (TPSA) is 41.6 Å². The monoisotopic (exact) mass is 310 g/mol. The van der Waals surface area contributed by atoms with Crippen molar-refractivity contribution < 1.29 is 9.53 Å². The Balaban J connectivity index is 1.48. The van der Waals surface area contributed by atoms with Crippen molar-refractivity contribution in [3.63, 3.8) is 0 Å². The van der Waals surface area contributed by atoms with E-state index < -0.39 is 0 Å². The molecule has 0 radical (unpaired) electrons. The van der Waals surface area contributed by atoms with Gasteiger partial charge in [0.15, 0.2) is 0 Å². The van der Waals surface area contributed by atoms with E-state index in [1.165, 1.54) is 11.1 Å². The fourth-order valence-corrected chi connectivity index (χ4v) is 2.96. The largest absolute Gasteiger partial charge is 0.380 e. The maximum Gasteiger partial charge on any atom is 0.251 e. The minimum absolute atomic E-state index is 0.0281. The molecule has 2 aromatic rings. The van der Waals surface area contributed by atoms with Crippen molar-refractivity contribution in [1.29, 1.82) is 0 Å². The van der Waals surface area contributed by atoms with E-state index in [9.17, 15) is 4.79 Å². The van der Waals surface area contributed by atoms with Gasteiger partial charge >= 0.3 is 0 Å². The third kappa shape index (κ3) is 3.97. The van der Waals surface area contributed by atoms with E-state index in [-0.39, 0.29) is 5.91 Å². The summed E-state index contributed by atoms with van der Waals surface area (Å²) < 4.78 is 5.10. The molecule has 4 nitrogen and oxygen atoms in total. The van der Waals surface area contributed by atoms with E-state index in [0.29, 0.717) is 18.7 Å². The summed E-state index contributed by atoms with van der Waals surface area (Å²) in [5.41, 5.74) is 4.48. The summed E-state index contributed by atoms with van der Waals surface area (Å²) in [5, 5.41) is 3.00. The van der Waals surface area contributed by atoms with Crippen LogP contribution < -0.4 is 5.32 Å². The van der Waals surface area contributed by atoms with Crippen LogP contribution in [0.15, 0.2) is 48.5 Å². The molecule has 1 aliphatic rings. The Morgan fingerprint density at radius 2 is 1.87 bits per heavy atom. The lowest BCUT2D eigenvalue weighted by molar-refractivity contribution is 0.0948. The first-order chi connectivity index (χ1) is 11.3. The average Bonchev–Trinajstić information content (AvgIpc) is 2.98. The highest BCUT2D eigenvalue weighted by Gasteiger charge is 2.17. The lowest BCUT2D eigenvalue weighted by Gasteiger charge is -2.15. The molecule has 2 aromatic carbocycles. The van der Waals surface area contributed by atoms with Crippen molar-refractivity contribution >= 4 is 5.91 Å². The van der Waals surface area contributed by atoms with Gasteiger partial charge in [0.1, 0.15) is 0 Å². The number of benzene rings is 2. The highest BCUT2D eigenvalue weighted by atomic mass is 16.5. The minimum atomic E-state index is -0.0281. The van der Waals surface area contributed by atoms with Crippen molar-refractivity contribution in [2.24, 2.45) is 0 Å². The molecule has 0 saturated heterocycles. The molecule has 0 saturated carbocycles. The smallest absolute Gasteiger partial charge is 0.251 e. The summed E-state index contributed by atoms with van der Waals surface area (Å²) in [6.45, 7) is 3.97. The summed E-state index contributed by atoms with van der Waals surface area (Å²) in [4.78, 5) is 14.6. The van der Waals surface area contributed by atoms with Gasteiger partial charge in [-0.15, -0.1) is 0 Å². The highest BCUT2D eigenvalue weighted by molar-refractivity contribution is 5.94. The number of methoxy groups -OCH3 is 1. The van der Waals surface area contributed by atoms with Crippen LogP contribution in [0.5, 0.6) is 0 Å². The number of ether oxygens (including phenoxy) is 1. The standard InChI is InChI=1S/C19H22N2O2/c1-23-14-15-5-4-8-16(11-15)19(22)20-9-10-21-12-17-6-2-3-7-18(17)13-21/h2-8,11H,9-10,12-14H2,1H3,(H,20,22). The Morgan fingerprint density at radius 3 is 2.57 bits per heavy atom. The fraction of sp³-hybridized carbons (Fsp3) is 0.316. The first-order valence-corrected chi connectivity index (χ1v) is 7.91. The van der Waals surface area contributed by atoms with Gasteiger partial charge < -0.3 is 10.1 Å². The van der Waals surface area contributed by atoms with Gasteiger partial charge in [0, 0.05) is 38.9 Å². The Kier molecular flexibility index (Phi) is 5.05. The Bertz CT molecular complexity index is 660. The molecule has 0 bridgehead atoms. The molecule has 0 aromatic heterocycles. The zero-order chi connectivity index (χ0) is 16.1. The average molecular weight is 310 g/mol. The molecular formula is C19H22N2O2. The molecule has 3 rings (SSSR count). The molecule has 0 aliphatic carbocycles. The third-order valence-corrected chi connectivity index (χ3v) is 4.12. The Labute approximate surface area is 137 Å². The lowest BCUT2D eigenvalue weighted by Crippen LogP contribution is -2.32. The molecule has 0 fully saturated rings. The normalized spacial score (nSPS) is 13.8. The zero-order valence-corrected chi connectivity index (χ0v) is 13.4. The quantitative estimate of drug-likeness (QED) is 0.891. The number of hydrogen-bond donors (Lipinski definition) is 1. The second kappa shape index (κ2) is 7.40. The molecule has 23 heavy (non-hydrogen) atoms. The molecule has 1 heterocycles. The number of nitrogens with one attached hydrogen (secondary N) is 1. The molecule has 0 unspecified atom stereocenters. The number of hydrogen-bond acceptors (Lipinski definition) is 3. The zero-order valence-electron chi connectivity index (χ0n) is 13.4. The predicted octanol–water partition coefficient (Wildman–Crippen LogP) is 2.58. The van der Waals surface area contributed by atoms with E-state index in [4.69, 9.17) is 4.74 Å². The van der Waals surface area contributed by atoms with Crippen LogP contribution in [0.2, 0.25) is 0 Å². The summed E-state index contributed by atoms with van der Waals surface area (Å²) in [6.07, 6.45) is 0. The molecule has 1 aliphatic heterocycles. The number of carbonyl (C=O) groups is 1. The van der Waals surface area contributed by atoms with E-state index in [1.807, 2.05) is 24.3 Å². The van der Waals surface area contributed by atoms with Gasteiger partial charge in [0.05, 0.1) is 6.61 Å². The van der Waals surface area contributed by atoms with E-state index in [0.717, 1.165) is 25.2 Å². The van der Waals surface area contributed by atoms with E-state index in [1.54, 1.807) is 7.11 Å². The number of nitrogens with zero attached hydrogens (tertiary/aromatic N) is 1. The SMILES string of the molecule is COCc1cccc(C(=O)NCCN2Cc3ccccc3C2)c1. The van der Waals surface area contributed by atoms with Crippen molar-refractivity contribution in [2.75, 3.05) is 20.2 Å². The van der Waals surface area contributed by atoms with Crippen LogP contribution in [0.3, 0.4) is 0 Å². The Hall–Kier alpha value is -2.17. The van der Waals surface area contributed by atoms with Gasteiger partial charge in [-0.3, -0.25) is 9.69 Å². The molecule has 120 valence electrons. The highest BCUT2D eigenvalue weighted by Crippen LogP contribution is 2.21. The van der Waals surface area contributed by atoms with Crippen molar-refractivity contribution in [3.8, 4) is 0 Å². The van der Waals surface area contributed by atoms with Gasteiger partial charge in [-0.2, -0.15) is 0 Å². The first kappa shape index (κ1) is 15.7. The van der Waals surface area contributed by atoms with Crippen LogP contribution in [0.1, 0.15) is 27.0 Å². The third-order valence-electron chi connectivity index (χ3n) is 4.12. The molecule has 1 amide bonds. The maximum absolute atomic E-state index is 12.2. The van der Waals surface area contributed by atoms with Gasteiger partial charge in [-0.1, -0.05) is 36.4 Å². The van der Waals surface area contributed by atoms with E-state index in [2.05, 4.69) is 34.5 Å². The van der Waals surface area contributed by atoms with Crippen molar-refractivity contribution in [3.05, 3.63) is 70.8 Å². The number of rotatable bonds is 6. The van der Waals surface area contributed by atoms with Crippen LogP contribution in [0, 0.1) is 0 Å². The van der Waals surface area contributed by atoms with E-state index >= 15 is 0 Å². The van der Waals surface area contributed by atoms with Crippen molar-refractivity contribution in [2.45, 2.75) is 19.7 Å². The summed E-state index contributed by atoms with van der Waals surface area (Å²) in [5.74, 6) is -0.0281. The number of fused-ring (bicyclic) bond motifs is 1. The lowest BCUT2D eigenvalue weighted by atomic mass is 10.1. The second-order valence-corrected chi connectivity index (χ2v) is 5.87. The van der Waals surface area contributed by atoms with Crippen LogP contribution in [0.25, 0.3) is 0 Å². The van der Waals surface area contributed by atoms with Crippen molar-refractivity contribution in [1.82, 2.24) is 10.2 Å². The molecule has 1 N–H and O–H groups in total. The van der Waals surface area contributed by atoms with Gasteiger partial charge in [-0.25, -0.2) is 0 Å². The Morgan fingerprint density at radius 1 is 1.13 bits per heavy atom. The molecule has 0 atom stereocenters. The van der Waals surface area contributed by atoms with Gasteiger partial charge in [-0.05, 0) is 28.8 Å². The van der Waals surface area contributed by atoms with Crippen LogP contribution in [-0.2, 0) is 24.4 Å². The predicted molar refractivity (Wildman–Crippen MR) is 90.0 cm³/mol. The van der Waals surface area contributed by atoms with Gasteiger partial charge in [0.25, 0.3) is 5.91 Å². The summed E-state index contributed by atoms with van der Waals surface area (Å²) in [7, 11) is 1.65. The number of amides is 1. The number of carbonyl (C=O) groups excluding carboxylic acids is 1. The summed E-state index contributed by atoms with van der Waals surface area (Å²) in [6, 6.07) is 16.1. The van der Waals surface area contributed by atoms with Crippen LogP contribution in [0.4, 0.5) is 0 Å². The first-order valence-electron chi connectivity index (χ1n) is 7.91. The molecule has 0 spiro atoms. The van der Waals surface area contributed by atoms with Crippen LogP contribution in [-0.4, -0.2) is 31.0 Å².